The zero-order valence-corrected chi connectivity index (χ0v) is 19.9. The van der Waals surface area contributed by atoms with E-state index < -0.39 is 5.54 Å². The van der Waals surface area contributed by atoms with E-state index in [0.717, 1.165) is 37.0 Å². The molecule has 180 valence electrons. The van der Waals surface area contributed by atoms with Gasteiger partial charge in [0.15, 0.2) is 5.58 Å². The van der Waals surface area contributed by atoms with E-state index in [2.05, 4.69) is 5.32 Å². The summed E-state index contributed by atoms with van der Waals surface area (Å²) in [5.74, 6) is -0.116. The SMILES string of the molecule is Cc1cc2c(cc3n2C[C@@](C)(C(=O)NC2CCCCCCC2)N(Cc2ccccc2F)C3=O)o1. The molecule has 0 radical (unpaired) electrons. The predicted octanol–water partition coefficient (Wildman–Crippen LogP) is 5.33. The second-order valence-electron chi connectivity index (χ2n) is 9.99. The number of aromatic nitrogens is 1. The number of carbonyl (C=O) groups excluding carboxylic acids is 2. The lowest BCUT2D eigenvalue weighted by Crippen LogP contribution is -2.64. The molecule has 5 rings (SSSR count). The molecular formula is C27H32FN3O3. The Kier molecular flexibility index (Phi) is 5.96. The predicted molar refractivity (Wildman–Crippen MR) is 128 cm³/mol. The van der Waals surface area contributed by atoms with Gasteiger partial charge in [-0.25, -0.2) is 4.39 Å². The highest BCUT2D eigenvalue weighted by Crippen LogP contribution is 2.35. The first-order valence-corrected chi connectivity index (χ1v) is 12.3. The second-order valence-corrected chi connectivity index (χ2v) is 9.99. The van der Waals surface area contributed by atoms with E-state index in [9.17, 15) is 14.0 Å². The summed E-state index contributed by atoms with van der Waals surface area (Å²) in [5.41, 5.74) is 1.10. The van der Waals surface area contributed by atoms with Gasteiger partial charge in [-0.3, -0.25) is 9.59 Å². The largest absolute Gasteiger partial charge is 0.460 e. The van der Waals surface area contributed by atoms with E-state index in [1.54, 1.807) is 31.2 Å². The molecule has 0 unspecified atom stereocenters. The molecule has 1 aromatic carbocycles. The van der Waals surface area contributed by atoms with Crippen molar-refractivity contribution in [1.82, 2.24) is 14.8 Å². The van der Waals surface area contributed by atoms with Gasteiger partial charge < -0.3 is 19.2 Å². The number of fused-ring (bicyclic) bond motifs is 3. The molecule has 2 aromatic heterocycles. The highest BCUT2D eigenvalue weighted by Gasteiger charge is 2.48. The molecule has 7 heteroatoms. The minimum Gasteiger partial charge on any atom is -0.460 e. The summed E-state index contributed by atoms with van der Waals surface area (Å²) < 4.78 is 22.2. The van der Waals surface area contributed by atoms with Crippen molar-refractivity contribution >= 4 is 22.9 Å². The monoisotopic (exact) mass is 465 g/mol. The van der Waals surface area contributed by atoms with Crippen molar-refractivity contribution in [2.45, 2.75) is 83.5 Å². The van der Waals surface area contributed by atoms with Gasteiger partial charge in [-0.2, -0.15) is 0 Å². The van der Waals surface area contributed by atoms with Gasteiger partial charge >= 0.3 is 0 Å². The van der Waals surface area contributed by atoms with Crippen LogP contribution < -0.4 is 5.32 Å². The molecule has 34 heavy (non-hydrogen) atoms. The van der Waals surface area contributed by atoms with Gasteiger partial charge in [-0.1, -0.05) is 50.3 Å². The van der Waals surface area contributed by atoms with Gasteiger partial charge in [-0.05, 0) is 32.8 Å². The zero-order chi connectivity index (χ0) is 23.9. The number of nitrogens with one attached hydrogen (secondary N) is 1. The summed E-state index contributed by atoms with van der Waals surface area (Å²) >= 11 is 0. The first kappa shape index (κ1) is 22.7. The summed E-state index contributed by atoms with van der Waals surface area (Å²) in [6, 6.07) is 10.1. The van der Waals surface area contributed by atoms with Gasteiger partial charge in [-0.15, -0.1) is 0 Å². The molecular weight excluding hydrogens is 433 g/mol. The number of carbonyl (C=O) groups is 2. The van der Waals surface area contributed by atoms with Crippen molar-refractivity contribution in [2.24, 2.45) is 0 Å². The molecule has 1 fully saturated rings. The molecule has 1 saturated carbocycles. The number of benzene rings is 1. The van der Waals surface area contributed by atoms with Crippen LogP contribution in [0.15, 0.2) is 40.8 Å². The fourth-order valence-electron chi connectivity index (χ4n) is 5.45. The average molecular weight is 466 g/mol. The molecule has 3 heterocycles. The minimum absolute atomic E-state index is 0.0195. The van der Waals surface area contributed by atoms with E-state index in [4.69, 9.17) is 4.42 Å². The molecule has 0 spiro atoms. The summed E-state index contributed by atoms with van der Waals surface area (Å²) in [5, 5.41) is 3.26. The maximum Gasteiger partial charge on any atom is 0.271 e. The van der Waals surface area contributed by atoms with Gasteiger partial charge in [0.1, 0.15) is 22.8 Å². The lowest BCUT2D eigenvalue weighted by molar-refractivity contribution is -0.134. The molecule has 3 aromatic rings. The van der Waals surface area contributed by atoms with Crippen molar-refractivity contribution in [3.8, 4) is 0 Å². The number of amides is 2. The molecule has 1 aliphatic heterocycles. The van der Waals surface area contributed by atoms with E-state index in [1.165, 1.54) is 30.2 Å². The number of halogens is 1. The number of furan rings is 1. The van der Waals surface area contributed by atoms with E-state index in [0.29, 0.717) is 16.8 Å². The Morgan fingerprint density at radius 1 is 1.15 bits per heavy atom. The Labute approximate surface area is 199 Å². The van der Waals surface area contributed by atoms with Crippen LogP contribution in [-0.4, -0.2) is 32.9 Å². The minimum atomic E-state index is -1.17. The zero-order valence-electron chi connectivity index (χ0n) is 19.9. The highest BCUT2D eigenvalue weighted by molar-refractivity contribution is 6.03. The smallest absolute Gasteiger partial charge is 0.271 e. The molecule has 0 saturated heterocycles. The Morgan fingerprint density at radius 3 is 2.59 bits per heavy atom. The van der Waals surface area contributed by atoms with Crippen LogP contribution in [0.5, 0.6) is 0 Å². The maximum absolute atomic E-state index is 14.6. The molecule has 2 aliphatic rings. The van der Waals surface area contributed by atoms with Crippen LogP contribution >= 0.6 is 0 Å². The summed E-state index contributed by atoms with van der Waals surface area (Å²) in [4.78, 5) is 29.1. The lowest BCUT2D eigenvalue weighted by Gasteiger charge is -2.44. The average Bonchev–Trinajstić information content (AvgIpc) is 3.30. The standard InChI is InChI=1S/C27H32FN3O3/c1-18-14-22-24(34-18)15-23-25(32)31(16-19-10-8-9-13-21(19)28)27(2,17-30(22)23)26(33)29-20-11-6-4-3-5-7-12-20/h8-10,13-15,20H,3-7,11-12,16-17H2,1-2H3,(H,29,33)/t27-/m0/s1. The van der Waals surface area contributed by atoms with Crippen LogP contribution in [0.2, 0.25) is 0 Å². The number of hydrogen-bond donors (Lipinski definition) is 1. The van der Waals surface area contributed by atoms with E-state index in [-0.39, 0.29) is 36.8 Å². The van der Waals surface area contributed by atoms with Crippen molar-refractivity contribution in [3.05, 3.63) is 59.2 Å². The number of aryl methyl sites for hydroxylation is 1. The summed E-state index contributed by atoms with van der Waals surface area (Å²) in [7, 11) is 0. The first-order chi connectivity index (χ1) is 16.4. The van der Waals surface area contributed by atoms with Gasteiger partial charge in [0, 0.05) is 23.7 Å². The van der Waals surface area contributed by atoms with Crippen LogP contribution in [0.25, 0.3) is 11.1 Å². The first-order valence-electron chi connectivity index (χ1n) is 12.3. The second kappa shape index (κ2) is 8.93. The summed E-state index contributed by atoms with van der Waals surface area (Å²) in [6.07, 6.45) is 7.70. The molecule has 1 atom stereocenters. The van der Waals surface area contributed by atoms with Gasteiger partial charge in [0.2, 0.25) is 5.91 Å². The van der Waals surface area contributed by atoms with Gasteiger partial charge in [0.25, 0.3) is 5.91 Å². The molecule has 0 bridgehead atoms. The Hall–Kier alpha value is -3.09. The highest BCUT2D eigenvalue weighted by atomic mass is 19.1. The van der Waals surface area contributed by atoms with E-state index >= 15 is 0 Å². The number of rotatable bonds is 4. The Morgan fingerprint density at radius 2 is 1.85 bits per heavy atom. The topological polar surface area (TPSA) is 67.5 Å². The van der Waals surface area contributed by atoms with Crippen LogP contribution in [0, 0.1) is 12.7 Å². The number of hydrogen-bond acceptors (Lipinski definition) is 3. The van der Waals surface area contributed by atoms with Crippen LogP contribution in [0.4, 0.5) is 4.39 Å². The third kappa shape index (κ3) is 4.01. The van der Waals surface area contributed by atoms with Crippen LogP contribution in [0.1, 0.15) is 73.7 Å². The van der Waals surface area contributed by atoms with Crippen molar-refractivity contribution < 1.29 is 18.4 Å². The Bertz CT molecular complexity index is 1220. The summed E-state index contributed by atoms with van der Waals surface area (Å²) in [6.45, 7) is 3.96. The van der Waals surface area contributed by atoms with Crippen LogP contribution in [0.3, 0.4) is 0 Å². The third-order valence-electron chi connectivity index (χ3n) is 7.45. The quantitative estimate of drug-likeness (QED) is 0.567. The molecule has 2 amide bonds. The lowest BCUT2D eigenvalue weighted by atomic mass is 9.91. The maximum atomic E-state index is 14.6. The van der Waals surface area contributed by atoms with Crippen LogP contribution in [-0.2, 0) is 17.9 Å². The van der Waals surface area contributed by atoms with Crippen molar-refractivity contribution in [2.75, 3.05) is 0 Å². The molecule has 1 aliphatic carbocycles. The molecule has 6 nitrogen and oxygen atoms in total. The number of nitrogens with zero attached hydrogens (tertiary/aromatic N) is 2. The molecule has 1 N–H and O–H groups in total. The van der Waals surface area contributed by atoms with Crippen molar-refractivity contribution in [3.63, 3.8) is 0 Å². The third-order valence-corrected chi connectivity index (χ3v) is 7.45. The Balaban J connectivity index is 1.52. The normalized spacial score (nSPS) is 21.9. The van der Waals surface area contributed by atoms with E-state index in [1.807, 2.05) is 17.6 Å². The fourth-order valence-corrected chi connectivity index (χ4v) is 5.45. The van der Waals surface area contributed by atoms with Crippen molar-refractivity contribution in [1.29, 1.82) is 0 Å². The fraction of sp³-hybridized carbons (Fsp3) is 0.481. The van der Waals surface area contributed by atoms with Gasteiger partial charge in [0.05, 0.1) is 18.6 Å².